The first-order valence-electron chi connectivity index (χ1n) is 15.4. The summed E-state index contributed by atoms with van der Waals surface area (Å²) < 4.78 is 39.8. The van der Waals surface area contributed by atoms with Crippen molar-refractivity contribution >= 4 is 23.8 Å². The highest BCUT2D eigenvalue weighted by Gasteiger charge is 2.42. The number of quaternary nitrogens is 1. The number of hydroxylamine groups is 3. The van der Waals surface area contributed by atoms with Gasteiger partial charge in [0.1, 0.15) is 30.2 Å². The minimum absolute atomic E-state index is 0.0103. The highest BCUT2D eigenvalue weighted by molar-refractivity contribution is 6.11. The van der Waals surface area contributed by atoms with Crippen LogP contribution < -0.4 is 24.6 Å². The number of ether oxygens (including phenoxy) is 5. The Morgan fingerprint density at radius 2 is 1.47 bits per heavy atom. The zero-order valence-corrected chi connectivity index (χ0v) is 28.0. The van der Waals surface area contributed by atoms with Gasteiger partial charge in [0.15, 0.2) is 30.9 Å². The molecule has 2 amide bonds. The molecule has 0 spiro atoms. The van der Waals surface area contributed by atoms with E-state index < -0.39 is 45.8 Å². The summed E-state index contributed by atoms with van der Waals surface area (Å²) >= 11 is 0. The average molecular weight is 683 g/mol. The third-order valence-electron chi connectivity index (χ3n) is 8.04. The zero-order chi connectivity index (χ0) is 35.7. The van der Waals surface area contributed by atoms with E-state index in [0.717, 1.165) is 11.1 Å². The molecular weight excluding hydrogens is 643 g/mol. The molecule has 0 aliphatic carbocycles. The molecule has 0 aromatic heterocycles. The molecule has 0 bridgehead atoms. The molecule has 1 heterocycles. The summed E-state index contributed by atoms with van der Waals surface area (Å²) in [7, 11) is 4.13. The Morgan fingerprint density at radius 3 is 2.08 bits per heavy atom. The van der Waals surface area contributed by atoms with Crippen molar-refractivity contribution in [3.05, 3.63) is 87.7 Å². The van der Waals surface area contributed by atoms with Crippen LogP contribution in [0.5, 0.6) is 17.2 Å². The minimum Gasteiger partial charge on any atom is -0.495 e. The second kappa shape index (κ2) is 16.4. The first-order valence-corrected chi connectivity index (χ1v) is 15.4. The predicted octanol–water partition coefficient (Wildman–Crippen LogP) is 3.86. The number of methoxy groups -OCH3 is 3. The molecule has 1 saturated heterocycles. The van der Waals surface area contributed by atoms with Crippen LogP contribution in [-0.2, 0) is 14.3 Å². The number of amides is 2. The fourth-order valence-electron chi connectivity index (χ4n) is 5.66. The van der Waals surface area contributed by atoms with Crippen molar-refractivity contribution < 1.29 is 61.8 Å². The van der Waals surface area contributed by atoms with Crippen LogP contribution in [0.15, 0.2) is 48.5 Å². The van der Waals surface area contributed by atoms with Crippen LogP contribution in [0, 0.1) is 19.7 Å². The molecule has 4 rings (SSSR count). The van der Waals surface area contributed by atoms with E-state index in [0.29, 0.717) is 30.6 Å². The Morgan fingerprint density at radius 1 is 0.857 bits per heavy atom. The van der Waals surface area contributed by atoms with Crippen molar-refractivity contribution in [2.24, 2.45) is 0 Å². The van der Waals surface area contributed by atoms with E-state index in [1.807, 2.05) is 0 Å². The van der Waals surface area contributed by atoms with E-state index in [1.165, 1.54) is 57.7 Å². The Labute approximate surface area is 283 Å². The van der Waals surface area contributed by atoms with Crippen LogP contribution in [0.25, 0.3) is 0 Å². The largest absolute Gasteiger partial charge is 0.495 e. The van der Waals surface area contributed by atoms with Crippen molar-refractivity contribution in [3.8, 4) is 17.2 Å². The lowest BCUT2D eigenvalue weighted by Gasteiger charge is -2.34. The van der Waals surface area contributed by atoms with E-state index in [2.05, 4.69) is 5.32 Å². The Hall–Kier alpha value is -5.05. The molecule has 13 nitrogen and oxygen atoms in total. The second-order valence-electron chi connectivity index (χ2n) is 11.5. The molecule has 2 atom stereocenters. The van der Waals surface area contributed by atoms with Crippen LogP contribution in [0.3, 0.4) is 0 Å². The molecule has 1 aliphatic heterocycles. The number of ketones is 1. The number of likely N-dealkylation sites (tertiary alicyclic amines) is 1. The van der Waals surface area contributed by atoms with Crippen LogP contribution >= 0.6 is 0 Å². The topological polar surface area (TPSA) is 159 Å². The molecule has 2 unspecified atom stereocenters. The Bertz CT molecular complexity index is 1670. The van der Waals surface area contributed by atoms with Crippen LogP contribution in [0.2, 0.25) is 0 Å². The lowest BCUT2D eigenvalue weighted by Crippen LogP contribution is -2.63. The molecule has 3 aromatic rings. The molecule has 49 heavy (non-hydrogen) atoms. The van der Waals surface area contributed by atoms with Gasteiger partial charge in [-0.2, -0.15) is 0 Å². The number of nitrogens with one attached hydrogen (secondary N) is 1. The maximum absolute atomic E-state index is 15.2. The first kappa shape index (κ1) is 36.8. The summed E-state index contributed by atoms with van der Waals surface area (Å²) in [5, 5.41) is 15.4. The van der Waals surface area contributed by atoms with Crippen molar-refractivity contribution in [1.82, 2.24) is 5.32 Å². The number of nitrogens with zero attached hydrogens (tertiary/aromatic N) is 1. The maximum Gasteiger partial charge on any atom is 0.398 e. The molecule has 1 fully saturated rings. The Balaban J connectivity index is 1.51. The number of carboxylic acid groups (broad SMARTS) is 1. The molecule has 0 saturated carbocycles. The summed E-state index contributed by atoms with van der Waals surface area (Å²) in [4.78, 5) is 58.0. The van der Waals surface area contributed by atoms with Crippen molar-refractivity contribution in [1.29, 1.82) is 0 Å². The predicted molar refractivity (Wildman–Crippen MR) is 170 cm³/mol. The quantitative estimate of drug-likeness (QED) is 0.168. The van der Waals surface area contributed by atoms with Gasteiger partial charge in [-0.1, -0.05) is 16.8 Å². The number of carbonyl (C=O) groups is 4. The number of halogens is 1. The fourth-order valence-corrected chi connectivity index (χ4v) is 5.66. The second-order valence-corrected chi connectivity index (χ2v) is 11.5. The highest BCUT2D eigenvalue weighted by Crippen LogP contribution is 2.32. The standard InChI is InChI=1S/C35H39FN2O11/c1-21-16-25(17-22(2)32(21)48-20-45-4)33(40)37-26-8-6-7-15-38(18-26,35(42)43)49-34(41)24-11-9-23(10-12-24)31(39)29-27(47-19-44-3)13-14-28(46-5)30(29)36/h9-14,16-17,26H,6-8,15,18-20H2,1-5H3,(H-,37,40,42,43). The van der Waals surface area contributed by atoms with Gasteiger partial charge in [0, 0.05) is 31.8 Å². The van der Waals surface area contributed by atoms with E-state index in [1.54, 1.807) is 26.0 Å². The number of carbonyl (C=O) groups excluding carboxylic acids is 4. The Kier molecular flexibility index (Phi) is 12.3. The lowest BCUT2D eigenvalue weighted by molar-refractivity contribution is -1.04. The summed E-state index contributed by atoms with van der Waals surface area (Å²) in [5.41, 5.74) is 1.34. The van der Waals surface area contributed by atoms with E-state index in [9.17, 15) is 24.3 Å². The number of benzene rings is 3. The highest BCUT2D eigenvalue weighted by atomic mass is 19.1. The molecular formula is C35H39FN2O11. The summed E-state index contributed by atoms with van der Waals surface area (Å²) in [6, 6.07) is 10.4. The van der Waals surface area contributed by atoms with Gasteiger partial charge in [0.25, 0.3) is 5.91 Å². The van der Waals surface area contributed by atoms with Crippen molar-refractivity contribution in [2.75, 3.05) is 48.0 Å². The summed E-state index contributed by atoms with van der Waals surface area (Å²) in [6.45, 7) is 3.05. The third kappa shape index (κ3) is 8.52. The molecule has 14 heteroatoms. The number of aryl methyl sites for hydroxylation is 2. The normalized spacial score (nSPS) is 17.4. The smallest absolute Gasteiger partial charge is 0.398 e. The summed E-state index contributed by atoms with van der Waals surface area (Å²) in [6.07, 6.45) is -0.266. The van der Waals surface area contributed by atoms with Gasteiger partial charge < -0.3 is 38.9 Å². The van der Waals surface area contributed by atoms with Gasteiger partial charge in [-0.15, -0.1) is 0 Å². The first-order chi connectivity index (χ1) is 23.4. The van der Waals surface area contributed by atoms with Gasteiger partial charge in [-0.3, -0.25) is 14.4 Å². The van der Waals surface area contributed by atoms with Crippen molar-refractivity contribution in [3.63, 3.8) is 0 Å². The van der Waals surface area contributed by atoms with Gasteiger partial charge in [0.05, 0.1) is 18.7 Å². The van der Waals surface area contributed by atoms with Gasteiger partial charge in [-0.25, -0.2) is 9.18 Å². The molecule has 0 radical (unpaired) electrons. The zero-order valence-electron chi connectivity index (χ0n) is 28.0. The lowest BCUT2D eigenvalue weighted by atomic mass is 10.00. The molecule has 1 aliphatic rings. The number of hydrogen-bond donors (Lipinski definition) is 1. The van der Waals surface area contributed by atoms with Gasteiger partial charge in [-0.05, 0) is 74.2 Å². The van der Waals surface area contributed by atoms with Gasteiger partial charge >= 0.3 is 12.1 Å². The fraction of sp³-hybridized carbons (Fsp3) is 0.371. The van der Waals surface area contributed by atoms with E-state index in [4.69, 9.17) is 28.5 Å². The average Bonchev–Trinajstić information content (AvgIpc) is 3.29. The monoisotopic (exact) mass is 682 g/mol. The van der Waals surface area contributed by atoms with Crippen LogP contribution in [-0.4, -0.2) is 82.4 Å². The molecule has 262 valence electrons. The van der Waals surface area contributed by atoms with E-state index in [-0.39, 0.29) is 49.3 Å². The minimum atomic E-state index is -1.65. The van der Waals surface area contributed by atoms with E-state index >= 15 is 4.39 Å². The number of rotatable bonds is 12. The summed E-state index contributed by atoms with van der Waals surface area (Å²) in [5.74, 6) is -2.77. The maximum atomic E-state index is 15.2. The molecule has 1 N–H and O–H groups in total. The van der Waals surface area contributed by atoms with Gasteiger partial charge in [0.2, 0.25) is 0 Å². The SMILES string of the molecule is COCOc1ccc(OC)c(F)c1C(=O)c1ccc(C(=O)O[N+]2(C(=O)[O-])CCCCC(NC(=O)c3cc(C)c(OCOC)c(C)c3)C2)cc1. The number of hydrogen-bond acceptors (Lipinski definition) is 11. The van der Waals surface area contributed by atoms with Crippen molar-refractivity contribution in [2.45, 2.75) is 39.2 Å². The third-order valence-corrected chi connectivity index (χ3v) is 8.04. The van der Waals surface area contributed by atoms with Crippen LogP contribution in [0.4, 0.5) is 9.18 Å². The van der Waals surface area contributed by atoms with Crippen LogP contribution in [0.1, 0.15) is 67.0 Å². The molecule has 3 aromatic carbocycles.